The van der Waals surface area contributed by atoms with Gasteiger partial charge in [0.25, 0.3) is 0 Å². The molecule has 1 aromatic carbocycles. The van der Waals surface area contributed by atoms with E-state index in [9.17, 15) is 8.78 Å². The Kier molecular flexibility index (Phi) is 2.13. The van der Waals surface area contributed by atoms with E-state index in [1.807, 2.05) is 0 Å². The third kappa shape index (κ3) is 1.35. The van der Waals surface area contributed by atoms with Crippen LogP contribution in [-0.4, -0.2) is 5.11 Å². The van der Waals surface area contributed by atoms with Crippen molar-refractivity contribution in [2.75, 3.05) is 0 Å². The Morgan fingerprint density at radius 1 is 1.45 bits per heavy atom. The second-order valence-electron chi connectivity index (χ2n) is 2.13. The molecule has 0 aliphatic carbocycles. The zero-order chi connectivity index (χ0) is 8.59. The number of phenols is 1. The molecule has 0 bridgehead atoms. The van der Waals surface area contributed by atoms with E-state index in [-0.39, 0.29) is 10.0 Å². The molecule has 1 N–H and O–H groups in total. The standard InChI is InChI=1S/C7H5BrF2O/c1-3-4(9)2-5(11)6(8)7(3)10/h2,11H,1H3. The van der Waals surface area contributed by atoms with E-state index in [0.717, 1.165) is 6.07 Å². The van der Waals surface area contributed by atoms with Gasteiger partial charge in [0, 0.05) is 11.6 Å². The second-order valence-corrected chi connectivity index (χ2v) is 2.92. The molecule has 0 heterocycles. The first-order chi connectivity index (χ1) is 5.04. The second kappa shape index (κ2) is 2.77. The van der Waals surface area contributed by atoms with Crippen LogP contribution >= 0.6 is 15.9 Å². The summed E-state index contributed by atoms with van der Waals surface area (Å²) in [6.45, 7) is 1.30. The van der Waals surface area contributed by atoms with E-state index in [1.54, 1.807) is 0 Å². The minimum absolute atomic E-state index is 0.101. The Balaban J connectivity index is 3.46. The maximum Gasteiger partial charge on any atom is 0.146 e. The van der Waals surface area contributed by atoms with Crippen molar-refractivity contribution in [1.29, 1.82) is 0 Å². The van der Waals surface area contributed by atoms with Crippen LogP contribution in [0.25, 0.3) is 0 Å². The highest BCUT2D eigenvalue weighted by Crippen LogP contribution is 2.30. The molecule has 0 saturated heterocycles. The van der Waals surface area contributed by atoms with E-state index < -0.39 is 17.4 Å². The third-order valence-corrected chi connectivity index (χ3v) is 2.12. The van der Waals surface area contributed by atoms with Gasteiger partial charge in [-0.15, -0.1) is 0 Å². The first kappa shape index (κ1) is 8.46. The molecule has 0 saturated carbocycles. The summed E-state index contributed by atoms with van der Waals surface area (Å²) >= 11 is 2.77. The van der Waals surface area contributed by atoms with Gasteiger partial charge >= 0.3 is 0 Å². The van der Waals surface area contributed by atoms with Crippen molar-refractivity contribution in [1.82, 2.24) is 0 Å². The molecule has 0 amide bonds. The summed E-state index contributed by atoms with van der Waals surface area (Å²) in [7, 11) is 0. The fraction of sp³-hybridized carbons (Fsp3) is 0.143. The van der Waals surface area contributed by atoms with Crippen molar-refractivity contribution in [2.24, 2.45) is 0 Å². The Morgan fingerprint density at radius 3 is 2.55 bits per heavy atom. The molecule has 0 unspecified atom stereocenters. The van der Waals surface area contributed by atoms with E-state index >= 15 is 0 Å². The minimum atomic E-state index is -0.762. The molecular weight excluding hydrogens is 218 g/mol. The molecule has 0 radical (unpaired) electrons. The van der Waals surface area contributed by atoms with Crippen LogP contribution in [0.4, 0.5) is 8.78 Å². The highest BCUT2D eigenvalue weighted by atomic mass is 79.9. The topological polar surface area (TPSA) is 20.2 Å². The predicted molar refractivity (Wildman–Crippen MR) is 40.5 cm³/mol. The molecule has 1 nitrogen and oxygen atoms in total. The fourth-order valence-corrected chi connectivity index (χ4v) is 1.09. The van der Waals surface area contributed by atoms with Gasteiger partial charge in [-0.1, -0.05) is 0 Å². The number of hydrogen-bond acceptors (Lipinski definition) is 1. The van der Waals surface area contributed by atoms with Crippen molar-refractivity contribution < 1.29 is 13.9 Å². The van der Waals surface area contributed by atoms with E-state index in [1.165, 1.54) is 6.92 Å². The lowest BCUT2D eigenvalue weighted by Gasteiger charge is -2.02. The molecule has 0 aromatic heterocycles. The average Bonchev–Trinajstić information content (AvgIpc) is 1.97. The predicted octanol–water partition coefficient (Wildman–Crippen LogP) is 2.74. The zero-order valence-corrected chi connectivity index (χ0v) is 7.24. The number of phenolic OH excluding ortho intramolecular Hbond substituents is 1. The molecule has 4 heteroatoms. The molecule has 0 spiro atoms. The summed E-state index contributed by atoms with van der Waals surface area (Å²) in [6, 6.07) is 0.864. The van der Waals surface area contributed by atoms with E-state index in [2.05, 4.69) is 15.9 Å². The van der Waals surface area contributed by atoms with Gasteiger partial charge in [-0.2, -0.15) is 0 Å². The van der Waals surface area contributed by atoms with Gasteiger partial charge < -0.3 is 5.11 Å². The number of hydrogen-bond donors (Lipinski definition) is 1. The first-order valence-electron chi connectivity index (χ1n) is 2.87. The average molecular weight is 223 g/mol. The Bertz CT molecular complexity index is 273. The number of halogens is 3. The lowest BCUT2D eigenvalue weighted by atomic mass is 10.2. The summed E-state index contributed by atoms with van der Waals surface area (Å²) in [6.07, 6.45) is 0. The summed E-state index contributed by atoms with van der Waals surface area (Å²) in [4.78, 5) is 0. The highest BCUT2D eigenvalue weighted by Gasteiger charge is 2.12. The molecule has 11 heavy (non-hydrogen) atoms. The molecule has 1 rings (SSSR count). The van der Waals surface area contributed by atoms with Gasteiger partial charge in [0.2, 0.25) is 0 Å². The number of rotatable bonds is 0. The van der Waals surface area contributed by atoms with Gasteiger partial charge in [0.1, 0.15) is 17.4 Å². The highest BCUT2D eigenvalue weighted by molar-refractivity contribution is 9.10. The van der Waals surface area contributed by atoms with Crippen LogP contribution in [0, 0.1) is 18.6 Å². The quantitative estimate of drug-likeness (QED) is 0.670. The molecule has 1 aromatic rings. The van der Waals surface area contributed by atoms with E-state index in [4.69, 9.17) is 5.11 Å². The van der Waals surface area contributed by atoms with Gasteiger partial charge in [0.15, 0.2) is 0 Å². The lowest BCUT2D eigenvalue weighted by molar-refractivity contribution is 0.453. The number of aromatic hydroxyl groups is 1. The van der Waals surface area contributed by atoms with Crippen molar-refractivity contribution in [3.05, 3.63) is 27.7 Å². The van der Waals surface area contributed by atoms with Crippen LogP contribution in [0.2, 0.25) is 0 Å². The van der Waals surface area contributed by atoms with Crippen LogP contribution in [0.1, 0.15) is 5.56 Å². The summed E-state index contributed by atoms with van der Waals surface area (Å²) < 4.78 is 25.3. The molecule has 0 aliphatic heterocycles. The molecule has 0 atom stereocenters. The van der Waals surface area contributed by atoms with Crippen LogP contribution in [0.15, 0.2) is 10.5 Å². The number of benzene rings is 1. The minimum Gasteiger partial charge on any atom is -0.507 e. The van der Waals surface area contributed by atoms with Crippen molar-refractivity contribution in [2.45, 2.75) is 6.92 Å². The van der Waals surface area contributed by atoms with Gasteiger partial charge in [0.05, 0.1) is 4.47 Å². The fourth-order valence-electron chi connectivity index (χ4n) is 0.674. The maximum atomic E-state index is 12.8. The van der Waals surface area contributed by atoms with Crippen molar-refractivity contribution in [3.8, 4) is 5.75 Å². The van der Waals surface area contributed by atoms with Crippen LogP contribution < -0.4 is 0 Å². The third-order valence-electron chi connectivity index (χ3n) is 1.37. The maximum absolute atomic E-state index is 12.8. The zero-order valence-electron chi connectivity index (χ0n) is 5.66. The lowest BCUT2D eigenvalue weighted by Crippen LogP contribution is -1.89. The van der Waals surface area contributed by atoms with Gasteiger partial charge in [-0.3, -0.25) is 0 Å². The molecule has 60 valence electrons. The molecular formula is C7H5BrF2O. The monoisotopic (exact) mass is 222 g/mol. The van der Waals surface area contributed by atoms with Gasteiger partial charge in [-0.25, -0.2) is 8.78 Å². The van der Waals surface area contributed by atoms with Crippen LogP contribution in [0.3, 0.4) is 0 Å². The van der Waals surface area contributed by atoms with Crippen molar-refractivity contribution >= 4 is 15.9 Å². The summed E-state index contributed by atoms with van der Waals surface area (Å²) in [5.41, 5.74) is -0.102. The molecule has 0 fully saturated rings. The van der Waals surface area contributed by atoms with Gasteiger partial charge in [-0.05, 0) is 22.9 Å². The normalized spacial score (nSPS) is 10.2. The Labute approximate surface area is 70.8 Å². The van der Waals surface area contributed by atoms with Crippen molar-refractivity contribution in [3.63, 3.8) is 0 Å². The summed E-state index contributed by atoms with van der Waals surface area (Å²) in [5.74, 6) is -1.93. The molecule has 0 aliphatic rings. The van der Waals surface area contributed by atoms with E-state index in [0.29, 0.717) is 0 Å². The smallest absolute Gasteiger partial charge is 0.146 e. The SMILES string of the molecule is Cc1c(F)cc(O)c(Br)c1F. The summed E-state index contributed by atoms with van der Waals surface area (Å²) in [5, 5.41) is 8.88. The van der Waals surface area contributed by atoms with Crippen LogP contribution in [-0.2, 0) is 0 Å². The Hall–Kier alpha value is -0.640. The van der Waals surface area contributed by atoms with Crippen LogP contribution in [0.5, 0.6) is 5.75 Å². The first-order valence-corrected chi connectivity index (χ1v) is 3.66. The largest absolute Gasteiger partial charge is 0.507 e. The Morgan fingerprint density at radius 2 is 2.00 bits per heavy atom.